The van der Waals surface area contributed by atoms with Gasteiger partial charge in [0.25, 0.3) is 11.6 Å². The van der Waals surface area contributed by atoms with Crippen molar-refractivity contribution in [2.24, 2.45) is 11.7 Å². The average Bonchev–Trinajstić information content (AvgIpc) is 3.08. The first-order valence-corrected chi connectivity index (χ1v) is 9.89. The van der Waals surface area contributed by atoms with Gasteiger partial charge in [-0.05, 0) is 50.8 Å². The summed E-state index contributed by atoms with van der Waals surface area (Å²) >= 11 is 6.14. The Balaban J connectivity index is 1.79. The van der Waals surface area contributed by atoms with E-state index in [-0.39, 0.29) is 11.9 Å². The highest BCUT2D eigenvalue weighted by atomic mass is 35.5. The van der Waals surface area contributed by atoms with Gasteiger partial charge in [0.05, 0.1) is 22.3 Å². The van der Waals surface area contributed by atoms with E-state index < -0.39 is 0 Å². The number of hydrogen-bond acceptors (Lipinski definition) is 5. The Morgan fingerprint density at radius 2 is 2.21 bits per heavy atom. The molecule has 0 unspecified atom stereocenters. The van der Waals surface area contributed by atoms with Gasteiger partial charge in [0.1, 0.15) is 0 Å². The summed E-state index contributed by atoms with van der Waals surface area (Å²) in [5, 5.41) is 5.30. The van der Waals surface area contributed by atoms with E-state index in [2.05, 4.69) is 10.1 Å². The number of piperidine rings is 1. The van der Waals surface area contributed by atoms with Gasteiger partial charge in [-0.1, -0.05) is 28.9 Å². The van der Waals surface area contributed by atoms with Crippen LogP contribution in [-0.4, -0.2) is 40.1 Å². The molecule has 1 amide bonds. The maximum atomic E-state index is 13.4. The maximum absolute atomic E-state index is 13.4. The fourth-order valence-electron chi connectivity index (χ4n) is 3.85. The van der Waals surface area contributed by atoms with Crippen molar-refractivity contribution in [1.29, 1.82) is 0 Å². The lowest BCUT2D eigenvalue weighted by atomic mass is 9.91. The summed E-state index contributed by atoms with van der Waals surface area (Å²) in [4.78, 5) is 19.9. The smallest absolute Gasteiger partial charge is 0.259 e. The molecule has 1 aromatic carbocycles. The van der Waals surface area contributed by atoms with Crippen molar-refractivity contribution in [1.82, 2.24) is 15.0 Å². The summed E-state index contributed by atoms with van der Waals surface area (Å²) in [6, 6.07) is 9.26. The van der Waals surface area contributed by atoms with Gasteiger partial charge in [-0.2, -0.15) is 0 Å². The van der Waals surface area contributed by atoms with Gasteiger partial charge in [-0.15, -0.1) is 0 Å². The van der Waals surface area contributed by atoms with Crippen LogP contribution in [0.5, 0.6) is 0 Å². The van der Waals surface area contributed by atoms with E-state index in [1.165, 1.54) is 0 Å². The molecule has 3 heterocycles. The average molecular weight is 399 g/mol. The number of halogens is 1. The van der Waals surface area contributed by atoms with Crippen LogP contribution in [0, 0.1) is 12.8 Å². The van der Waals surface area contributed by atoms with Crippen molar-refractivity contribution in [3.63, 3.8) is 0 Å². The summed E-state index contributed by atoms with van der Waals surface area (Å²) in [5.74, 6) is 0.276. The van der Waals surface area contributed by atoms with Gasteiger partial charge in [0, 0.05) is 29.7 Å². The van der Waals surface area contributed by atoms with Crippen LogP contribution in [0.4, 0.5) is 0 Å². The first-order valence-electron chi connectivity index (χ1n) is 9.52. The standard InChI is InChI=1S/C21H23ClN4O2/c1-12(23)15-6-4-8-26(11-15)21(27)17-10-18(14-5-3-7-16(22)9-14)24-20-19(17)13(2)25-28-20/h3,5,7,9-10,12,15H,4,6,8,11,23H2,1-2H3/t12-,15+/m1/s1. The number of pyridine rings is 1. The van der Waals surface area contributed by atoms with Crippen LogP contribution < -0.4 is 5.73 Å². The maximum Gasteiger partial charge on any atom is 0.259 e. The van der Waals surface area contributed by atoms with Crippen molar-refractivity contribution < 1.29 is 9.32 Å². The lowest BCUT2D eigenvalue weighted by molar-refractivity contribution is 0.0663. The fourth-order valence-corrected chi connectivity index (χ4v) is 4.04. The molecule has 1 saturated heterocycles. The molecule has 6 nitrogen and oxygen atoms in total. The number of rotatable bonds is 3. The zero-order chi connectivity index (χ0) is 19.8. The monoisotopic (exact) mass is 398 g/mol. The minimum Gasteiger partial charge on any atom is -0.338 e. The Morgan fingerprint density at radius 3 is 2.96 bits per heavy atom. The molecule has 28 heavy (non-hydrogen) atoms. The number of carbonyl (C=O) groups is 1. The summed E-state index contributed by atoms with van der Waals surface area (Å²) in [6.45, 7) is 5.22. The van der Waals surface area contributed by atoms with Crippen molar-refractivity contribution in [3.05, 3.63) is 46.6 Å². The number of fused-ring (bicyclic) bond motifs is 1. The molecule has 0 spiro atoms. The van der Waals surface area contributed by atoms with E-state index in [1.54, 1.807) is 6.07 Å². The summed E-state index contributed by atoms with van der Waals surface area (Å²) < 4.78 is 5.39. The molecule has 1 aliphatic heterocycles. The van der Waals surface area contributed by atoms with Gasteiger partial charge < -0.3 is 15.2 Å². The zero-order valence-electron chi connectivity index (χ0n) is 16.0. The van der Waals surface area contributed by atoms with E-state index in [9.17, 15) is 4.79 Å². The minimum atomic E-state index is -0.0349. The molecule has 0 radical (unpaired) electrons. The van der Waals surface area contributed by atoms with Crippen LogP contribution in [0.3, 0.4) is 0 Å². The largest absolute Gasteiger partial charge is 0.338 e. The third kappa shape index (κ3) is 3.50. The topological polar surface area (TPSA) is 85.2 Å². The molecule has 0 bridgehead atoms. The first kappa shape index (κ1) is 18.9. The van der Waals surface area contributed by atoms with Crippen LogP contribution in [0.2, 0.25) is 5.02 Å². The molecule has 0 saturated carbocycles. The number of likely N-dealkylation sites (tertiary alicyclic amines) is 1. The number of carbonyl (C=O) groups excluding carboxylic acids is 1. The van der Waals surface area contributed by atoms with E-state index in [0.29, 0.717) is 45.5 Å². The lowest BCUT2D eigenvalue weighted by Crippen LogP contribution is -2.45. The van der Waals surface area contributed by atoms with Gasteiger partial charge in [0.15, 0.2) is 0 Å². The van der Waals surface area contributed by atoms with Gasteiger partial charge in [0.2, 0.25) is 0 Å². The van der Waals surface area contributed by atoms with E-state index in [4.69, 9.17) is 21.9 Å². The Labute approximate surface area is 168 Å². The number of benzene rings is 1. The van der Waals surface area contributed by atoms with Crippen molar-refractivity contribution in [3.8, 4) is 11.3 Å². The number of aryl methyl sites for hydroxylation is 1. The van der Waals surface area contributed by atoms with Crippen LogP contribution in [0.25, 0.3) is 22.4 Å². The quantitative estimate of drug-likeness (QED) is 0.719. The number of amides is 1. The SMILES string of the molecule is Cc1noc2nc(-c3cccc(Cl)c3)cc(C(=O)N3CCC[C@H]([C@@H](C)N)C3)c12. The molecule has 3 aromatic rings. The van der Waals surface area contributed by atoms with E-state index in [1.807, 2.05) is 43.0 Å². The van der Waals surface area contributed by atoms with Crippen LogP contribution in [0.15, 0.2) is 34.9 Å². The second-order valence-electron chi connectivity index (χ2n) is 7.53. The van der Waals surface area contributed by atoms with Crippen molar-refractivity contribution in [2.75, 3.05) is 13.1 Å². The zero-order valence-corrected chi connectivity index (χ0v) is 16.7. The third-order valence-corrected chi connectivity index (χ3v) is 5.69. The van der Waals surface area contributed by atoms with Crippen molar-refractivity contribution in [2.45, 2.75) is 32.7 Å². The molecule has 2 aromatic heterocycles. The van der Waals surface area contributed by atoms with Crippen molar-refractivity contribution >= 4 is 28.6 Å². The van der Waals surface area contributed by atoms with E-state index >= 15 is 0 Å². The highest BCUT2D eigenvalue weighted by Crippen LogP contribution is 2.30. The number of hydrogen-bond donors (Lipinski definition) is 1. The van der Waals surface area contributed by atoms with Gasteiger partial charge in [-0.25, -0.2) is 4.98 Å². The minimum absolute atomic E-state index is 0.0349. The molecular formula is C21H23ClN4O2. The second-order valence-corrected chi connectivity index (χ2v) is 7.96. The second kappa shape index (κ2) is 7.53. The first-order chi connectivity index (χ1) is 13.4. The van der Waals surface area contributed by atoms with Gasteiger partial charge >= 0.3 is 0 Å². The van der Waals surface area contributed by atoms with Gasteiger partial charge in [-0.3, -0.25) is 4.79 Å². The molecule has 1 fully saturated rings. The van der Waals surface area contributed by atoms with Crippen LogP contribution in [0.1, 0.15) is 35.8 Å². The molecular weight excluding hydrogens is 376 g/mol. The number of nitrogens with two attached hydrogens (primary N) is 1. The third-order valence-electron chi connectivity index (χ3n) is 5.46. The Bertz CT molecular complexity index is 1030. The molecule has 146 valence electrons. The number of aromatic nitrogens is 2. The molecule has 2 atom stereocenters. The number of nitrogens with zero attached hydrogens (tertiary/aromatic N) is 3. The molecule has 7 heteroatoms. The summed E-state index contributed by atoms with van der Waals surface area (Å²) in [7, 11) is 0. The molecule has 4 rings (SSSR count). The Hall–Kier alpha value is -2.44. The normalized spacial score (nSPS) is 18.4. The Morgan fingerprint density at radius 1 is 1.39 bits per heavy atom. The Kier molecular flexibility index (Phi) is 5.08. The highest BCUT2D eigenvalue weighted by Gasteiger charge is 2.29. The highest BCUT2D eigenvalue weighted by molar-refractivity contribution is 6.30. The predicted molar refractivity (Wildman–Crippen MR) is 109 cm³/mol. The predicted octanol–water partition coefficient (Wildman–Crippen LogP) is 4.05. The molecule has 2 N–H and O–H groups in total. The lowest BCUT2D eigenvalue weighted by Gasteiger charge is -2.34. The van der Waals surface area contributed by atoms with Crippen LogP contribution in [-0.2, 0) is 0 Å². The summed E-state index contributed by atoms with van der Waals surface area (Å²) in [6.07, 6.45) is 2.00. The summed E-state index contributed by atoms with van der Waals surface area (Å²) in [5.41, 5.74) is 9.13. The molecule has 0 aliphatic carbocycles. The van der Waals surface area contributed by atoms with E-state index in [0.717, 1.165) is 24.9 Å². The molecule has 1 aliphatic rings. The van der Waals surface area contributed by atoms with Crippen LogP contribution >= 0.6 is 11.6 Å². The fraction of sp³-hybridized carbons (Fsp3) is 0.381.